The quantitative estimate of drug-likeness (QED) is 0.865. The molecule has 146 valence electrons. The first kappa shape index (κ1) is 17.8. The van der Waals surface area contributed by atoms with Gasteiger partial charge < -0.3 is 24.4 Å². The van der Waals surface area contributed by atoms with E-state index in [4.69, 9.17) is 14.2 Å². The van der Waals surface area contributed by atoms with Gasteiger partial charge in [0.15, 0.2) is 11.6 Å². The van der Waals surface area contributed by atoms with Crippen molar-refractivity contribution < 1.29 is 32.6 Å². The van der Waals surface area contributed by atoms with E-state index in [1.54, 1.807) is 0 Å². The largest absolute Gasteiger partial charge is 0.490 e. The molecule has 0 aromatic heterocycles. The molecule has 2 amide bonds. The fraction of sp³-hybridized carbons (Fsp3) is 0.556. The molecule has 0 bridgehead atoms. The van der Waals surface area contributed by atoms with Gasteiger partial charge in [-0.25, -0.2) is 18.4 Å². The molecule has 1 aromatic carbocycles. The standard InChI is InChI=1S/C18H20F2N2O5/c1-10-2-14(20)15(5-13(10)19)25-6-11-3-12(4-11)27-17(24)22-7-18(8-22)9-26-16(23)21-18/h2,5,11-12H,3-4,6-9H2,1H3,(H,21,23)/t11-,12+. The number of alkyl carbamates (subject to hydrolysis) is 1. The number of hydrogen-bond acceptors (Lipinski definition) is 5. The Labute approximate surface area is 154 Å². The molecular weight excluding hydrogens is 362 g/mol. The van der Waals surface area contributed by atoms with E-state index in [2.05, 4.69) is 5.32 Å². The number of carbonyl (C=O) groups excluding carboxylic acids is 2. The average Bonchev–Trinajstić information content (AvgIpc) is 2.94. The summed E-state index contributed by atoms with van der Waals surface area (Å²) in [5.74, 6) is -1.09. The van der Waals surface area contributed by atoms with Crippen molar-refractivity contribution in [3.05, 3.63) is 29.3 Å². The van der Waals surface area contributed by atoms with Gasteiger partial charge >= 0.3 is 12.2 Å². The first-order valence-corrected chi connectivity index (χ1v) is 8.82. The van der Waals surface area contributed by atoms with Crippen LogP contribution in [-0.2, 0) is 9.47 Å². The molecule has 1 spiro atoms. The SMILES string of the molecule is Cc1cc(F)c(OC[C@H]2C[C@@H](OC(=O)N3CC4(COC(=O)N4)C3)C2)cc1F. The van der Waals surface area contributed by atoms with Crippen molar-refractivity contribution in [1.82, 2.24) is 10.2 Å². The summed E-state index contributed by atoms with van der Waals surface area (Å²) in [6.07, 6.45) is 0.130. The van der Waals surface area contributed by atoms with Crippen LogP contribution >= 0.6 is 0 Å². The number of hydrogen-bond donors (Lipinski definition) is 1. The molecule has 1 aliphatic carbocycles. The number of halogens is 2. The zero-order chi connectivity index (χ0) is 19.2. The van der Waals surface area contributed by atoms with Crippen molar-refractivity contribution in [3.63, 3.8) is 0 Å². The van der Waals surface area contributed by atoms with E-state index in [1.807, 2.05) is 0 Å². The molecular formula is C18H20F2N2O5. The van der Waals surface area contributed by atoms with E-state index in [0.29, 0.717) is 25.9 Å². The number of benzene rings is 1. The van der Waals surface area contributed by atoms with Gasteiger partial charge in [-0.1, -0.05) is 0 Å². The number of carbonyl (C=O) groups is 2. The summed E-state index contributed by atoms with van der Waals surface area (Å²) in [6, 6.07) is 2.15. The summed E-state index contributed by atoms with van der Waals surface area (Å²) in [4.78, 5) is 24.7. The Balaban J connectivity index is 1.17. The maximum Gasteiger partial charge on any atom is 0.410 e. The first-order chi connectivity index (χ1) is 12.8. The van der Waals surface area contributed by atoms with E-state index in [1.165, 1.54) is 11.8 Å². The van der Waals surface area contributed by atoms with Crippen LogP contribution in [0.2, 0.25) is 0 Å². The predicted molar refractivity (Wildman–Crippen MR) is 88.4 cm³/mol. The van der Waals surface area contributed by atoms with Gasteiger partial charge in [0.2, 0.25) is 0 Å². The second kappa shape index (κ2) is 6.54. The average molecular weight is 382 g/mol. The molecule has 3 aliphatic rings. The Kier molecular flexibility index (Phi) is 4.32. The maximum absolute atomic E-state index is 13.7. The molecule has 7 nitrogen and oxygen atoms in total. The molecule has 9 heteroatoms. The van der Waals surface area contributed by atoms with Crippen molar-refractivity contribution >= 4 is 12.2 Å². The molecule has 0 unspecified atom stereocenters. The normalized spacial score (nSPS) is 25.3. The first-order valence-electron chi connectivity index (χ1n) is 8.82. The van der Waals surface area contributed by atoms with Crippen LogP contribution < -0.4 is 10.1 Å². The topological polar surface area (TPSA) is 77.1 Å². The van der Waals surface area contributed by atoms with Crippen LogP contribution in [-0.4, -0.2) is 55.0 Å². The molecule has 0 atom stereocenters. The lowest BCUT2D eigenvalue weighted by atomic mass is 9.83. The number of nitrogens with zero attached hydrogens (tertiary/aromatic N) is 1. The van der Waals surface area contributed by atoms with Crippen molar-refractivity contribution in [2.24, 2.45) is 5.92 Å². The lowest BCUT2D eigenvalue weighted by Crippen LogP contribution is -2.70. The minimum atomic E-state index is -0.592. The van der Waals surface area contributed by atoms with Crippen LogP contribution in [0.5, 0.6) is 5.75 Å². The lowest BCUT2D eigenvalue weighted by Gasteiger charge is -2.46. The van der Waals surface area contributed by atoms with Crippen molar-refractivity contribution in [2.45, 2.75) is 31.4 Å². The van der Waals surface area contributed by atoms with Crippen molar-refractivity contribution in [1.29, 1.82) is 0 Å². The summed E-state index contributed by atoms with van der Waals surface area (Å²) in [5, 5.41) is 2.70. The van der Waals surface area contributed by atoms with Crippen LogP contribution in [0.15, 0.2) is 12.1 Å². The zero-order valence-electron chi connectivity index (χ0n) is 14.8. The van der Waals surface area contributed by atoms with E-state index in [0.717, 1.165) is 12.1 Å². The number of cyclic esters (lactones) is 1. The number of aryl methyl sites for hydroxylation is 1. The van der Waals surface area contributed by atoms with Crippen LogP contribution in [0.4, 0.5) is 18.4 Å². The van der Waals surface area contributed by atoms with Crippen molar-refractivity contribution in [3.8, 4) is 5.75 Å². The Hall–Kier alpha value is -2.58. The van der Waals surface area contributed by atoms with Gasteiger partial charge in [-0.15, -0.1) is 0 Å². The van der Waals surface area contributed by atoms with E-state index >= 15 is 0 Å². The number of amides is 2. The molecule has 2 saturated heterocycles. The summed E-state index contributed by atoms with van der Waals surface area (Å²) >= 11 is 0. The van der Waals surface area contributed by atoms with Gasteiger partial charge in [0, 0.05) is 6.07 Å². The molecule has 3 fully saturated rings. The lowest BCUT2D eigenvalue weighted by molar-refractivity contribution is -0.0360. The van der Waals surface area contributed by atoms with Crippen LogP contribution in [0.3, 0.4) is 0 Å². The van der Waals surface area contributed by atoms with Gasteiger partial charge in [0.05, 0.1) is 19.7 Å². The monoisotopic (exact) mass is 382 g/mol. The molecule has 1 N–H and O–H groups in total. The minimum Gasteiger partial charge on any atom is -0.490 e. The van der Waals surface area contributed by atoms with Gasteiger partial charge in [-0.3, -0.25) is 0 Å². The van der Waals surface area contributed by atoms with Gasteiger partial charge in [0.1, 0.15) is 24.1 Å². The third-order valence-corrected chi connectivity index (χ3v) is 5.24. The van der Waals surface area contributed by atoms with E-state index < -0.39 is 29.4 Å². The molecule has 0 radical (unpaired) electrons. The Morgan fingerprint density at radius 1 is 1.33 bits per heavy atom. The number of rotatable bonds is 4. The number of nitrogens with one attached hydrogen (secondary N) is 1. The van der Waals surface area contributed by atoms with Crippen LogP contribution in [0.1, 0.15) is 18.4 Å². The smallest absolute Gasteiger partial charge is 0.410 e. The third-order valence-electron chi connectivity index (χ3n) is 5.24. The predicted octanol–water partition coefficient (Wildman–Crippen LogP) is 2.36. The fourth-order valence-corrected chi connectivity index (χ4v) is 3.55. The van der Waals surface area contributed by atoms with Crippen LogP contribution in [0.25, 0.3) is 0 Å². The Bertz CT molecular complexity index is 775. The second-order valence-corrected chi connectivity index (χ2v) is 7.52. The number of ether oxygens (including phenoxy) is 3. The highest BCUT2D eigenvalue weighted by Crippen LogP contribution is 2.33. The fourth-order valence-electron chi connectivity index (χ4n) is 3.55. The Morgan fingerprint density at radius 2 is 2.07 bits per heavy atom. The second-order valence-electron chi connectivity index (χ2n) is 7.52. The highest BCUT2D eigenvalue weighted by molar-refractivity contribution is 5.74. The van der Waals surface area contributed by atoms with Gasteiger partial charge in [-0.05, 0) is 37.3 Å². The Morgan fingerprint density at radius 3 is 2.74 bits per heavy atom. The summed E-state index contributed by atoms with van der Waals surface area (Å²) in [6.45, 7) is 2.73. The van der Waals surface area contributed by atoms with E-state index in [-0.39, 0.29) is 36.5 Å². The van der Waals surface area contributed by atoms with Gasteiger partial charge in [0.25, 0.3) is 0 Å². The molecule has 4 rings (SSSR count). The molecule has 2 heterocycles. The summed E-state index contributed by atoms with van der Waals surface area (Å²) in [5.41, 5.74) is -0.244. The van der Waals surface area contributed by atoms with Gasteiger partial charge in [-0.2, -0.15) is 0 Å². The van der Waals surface area contributed by atoms with Crippen LogP contribution in [0, 0.1) is 24.5 Å². The summed E-state index contributed by atoms with van der Waals surface area (Å²) in [7, 11) is 0. The van der Waals surface area contributed by atoms with E-state index in [9.17, 15) is 18.4 Å². The highest BCUT2D eigenvalue weighted by atomic mass is 19.1. The molecule has 1 aromatic rings. The highest BCUT2D eigenvalue weighted by Gasteiger charge is 2.52. The zero-order valence-corrected chi connectivity index (χ0v) is 14.8. The molecule has 2 aliphatic heterocycles. The minimum absolute atomic E-state index is 0.106. The molecule has 1 saturated carbocycles. The molecule has 27 heavy (non-hydrogen) atoms. The van der Waals surface area contributed by atoms with Crippen molar-refractivity contribution in [2.75, 3.05) is 26.3 Å². The summed E-state index contributed by atoms with van der Waals surface area (Å²) < 4.78 is 42.9. The maximum atomic E-state index is 13.7. The third kappa shape index (κ3) is 3.50. The number of likely N-dealkylation sites (tertiary alicyclic amines) is 1.